The van der Waals surface area contributed by atoms with Gasteiger partial charge >= 0.3 is 0 Å². The number of nitrogens with two attached hydrogens (primary N) is 2. The van der Waals surface area contributed by atoms with Crippen molar-refractivity contribution in [3.8, 4) is 0 Å². The third kappa shape index (κ3) is 2.49. The van der Waals surface area contributed by atoms with Crippen LogP contribution in [0.5, 0.6) is 0 Å². The Hall–Kier alpha value is -1.14. The van der Waals surface area contributed by atoms with Gasteiger partial charge in [0, 0.05) is 13.0 Å². The number of carbonyl (C=O) groups excluding carboxylic acids is 2. The molecule has 1 saturated heterocycles. The van der Waals surface area contributed by atoms with Gasteiger partial charge in [0.2, 0.25) is 11.8 Å². The summed E-state index contributed by atoms with van der Waals surface area (Å²) in [6.07, 6.45) is 3.56. The molecule has 6 nitrogen and oxygen atoms in total. The summed E-state index contributed by atoms with van der Waals surface area (Å²) in [5, 5.41) is 0. The zero-order chi connectivity index (χ0) is 13.2. The molecule has 2 fully saturated rings. The molecule has 0 radical (unpaired) electrons. The van der Waals surface area contributed by atoms with Crippen molar-refractivity contribution in [2.45, 2.75) is 31.7 Å². The highest BCUT2D eigenvalue weighted by atomic mass is 16.5. The molecule has 1 heterocycles. The summed E-state index contributed by atoms with van der Waals surface area (Å²) in [4.78, 5) is 25.2. The maximum Gasteiger partial charge on any atom is 0.242 e. The van der Waals surface area contributed by atoms with Crippen LogP contribution in [0.2, 0.25) is 0 Å². The van der Waals surface area contributed by atoms with Crippen LogP contribution in [0.1, 0.15) is 25.7 Å². The van der Waals surface area contributed by atoms with Crippen LogP contribution >= 0.6 is 0 Å². The minimum absolute atomic E-state index is 0.0211. The number of primary amides is 1. The molecule has 0 aromatic rings. The van der Waals surface area contributed by atoms with Gasteiger partial charge in [-0.15, -0.1) is 0 Å². The van der Waals surface area contributed by atoms with Crippen molar-refractivity contribution in [3.63, 3.8) is 0 Å². The molecule has 4 N–H and O–H groups in total. The first-order valence-corrected chi connectivity index (χ1v) is 6.45. The zero-order valence-corrected chi connectivity index (χ0v) is 10.6. The molecule has 0 spiro atoms. The van der Waals surface area contributed by atoms with Gasteiger partial charge in [0.15, 0.2) is 0 Å². The van der Waals surface area contributed by atoms with Crippen LogP contribution in [-0.2, 0) is 14.3 Å². The average molecular weight is 255 g/mol. The summed E-state index contributed by atoms with van der Waals surface area (Å²) in [5.41, 5.74) is 11.0. The highest BCUT2D eigenvalue weighted by molar-refractivity contribution is 5.87. The first-order valence-electron chi connectivity index (χ1n) is 6.45. The number of hydrogen-bond acceptors (Lipinski definition) is 4. The molecule has 0 aromatic carbocycles. The number of carbonyl (C=O) groups is 2. The van der Waals surface area contributed by atoms with Gasteiger partial charge in [-0.05, 0) is 24.8 Å². The van der Waals surface area contributed by atoms with E-state index in [1.54, 1.807) is 4.90 Å². The topological polar surface area (TPSA) is 98.7 Å². The van der Waals surface area contributed by atoms with Gasteiger partial charge in [0.25, 0.3) is 0 Å². The lowest BCUT2D eigenvalue weighted by Gasteiger charge is -2.43. The summed E-state index contributed by atoms with van der Waals surface area (Å²) in [6, 6.07) is -0.624. The Morgan fingerprint density at radius 2 is 2.11 bits per heavy atom. The van der Waals surface area contributed by atoms with E-state index in [1.807, 2.05) is 0 Å². The molecular formula is C12H21N3O3. The summed E-state index contributed by atoms with van der Waals surface area (Å²) >= 11 is 0. The van der Waals surface area contributed by atoms with Crippen LogP contribution in [0.4, 0.5) is 0 Å². The molecule has 1 aliphatic carbocycles. The minimum Gasteiger partial charge on any atom is -0.377 e. The van der Waals surface area contributed by atoms with Gasteiger partial charge in [-0.25, -0.2) is 0 Å². The molecule has 1 unspecified atom stereocenters. The van der Waals surface area contributed by atoms with Gasteiger partial charge in [-0.2, -0.15) is 0 Å². The first kappa shape index (κ1) is 13.3. The summed E-state index contributed by atoms with van der Waals surface area (Å²) in [5.74, 6) is -0.522. The second-order valence-electron chi connectivity index (χ2n) is 5.31. The Bertz CT molecular complexity index is 336. The quantitative estimate of drug-likeness (QED) is 0.688. The largest absolute Gasteiger partial charge is 0.377 e. The normalized spacial score (nSPS) is 26.5. The third-order valence-electron chi connectivity index (χ3n) is 4.15. The standard InChI is InChI=1S/C12H21N3O3/c13-8-12(2-1-3-12)6-10(16)15-4-5-18-7-9(15)11(14)17/h9H,1-8,13H2,(H2,14,17). The van der Waals surface area contributed by atoms with Crippen molar-refractivity contribution in [2.75, 3.05) is 26.3 Å². The van der Waals surface area contributed by atoms with Crippen molar-refractivity contribution in [2.24, 2.45) is 16.9 Å². The first-order chi connectivity index (χ1) is 8.58. The minimum atomic E-state index is -0.624. The fraction of sp³-hybridized carbons (Fsp3) is 0.833. The highest BCUT2D eigenvalue weighted by Gasteiger charge is 2.40. The van der Waals surface area contributed by atoms with Crippen LogP contribution in [0.15, 0.2) is 0 Å². The Kier molecular flexibility index (Phi) is 3.87. The number of hydrogen-bond donors (Lipinski definition) is 2. The van der Waals surface area contributed by atoms with E-state index < -0.39 is 11.9 Å². The predicted octanol–water partition coefficient (Wildman–Crippen LogP) is -0.782. The smallest absolute Gasteiger partial charge is 0.242 e. The Morgan fingerprint density at radius 3 is 2.61 bits per heavy atom. The molecular weight excluding hydrogens is 234 g/mol. The Labute approximate surface area is 107 Å². The van der Waals surface area contributed by atoms with Crippen molar-refractivity contribution in [3.05, 3.63) is 0 Å². The SMILES string of the molecule is NCC1(CC(=O)N2CCOCC2C(N)=O)CCC1. The van der Waals surface area contributed by atoms with Crippen LogP contribution in [0, 0.1) is 5.41 Å². The van der Waals surface area contributed by atoms with E-state index in [4.69, 9.17) is 16.2 Å². The second-order valence-corrected chi connectivity index (χ2v) is 5.31. The van der Waals surface area contributed by atoms with Crippen molar-refractivity contribution in [1.82, 2.24) is 4.90 Å². The van der Waals surface area contributed by atoms with Crippen LogP contribution in [0.3, 0.4) is 0 Å². The molecule has 0 aromatic heterocycles. The second kappa shape index (κ2) is 5.24. The molecule has 2 amide bonds. The molecule has 2 rings (SSSR count). The van der Waals surface area contributed by atoms with E-state index in [9.17, 15) is 9.59 Å². The molecule has 1 saturated carbocycles. The number of ether oxygens (including phenoxy) is 1. The average Bonchev–Trinajstić information content (AvgIpc) is 2.33. The Balaban J connectivity index is 2.00. The van der Waals surface area contributed by atoms with E-state index in [2.05, 4.69) is 0 Å². The fourth-order valence-corrected chi connectivity index (χ4v) is 2.69. The summed E-state index contributed by atoms with van der Waals surface area (Å²) in [6.45, 7) is 1.64. The van der Waals surface area contributed by atoms with Gasteiger partial charge in [-0.1, -0.05) is 6.42 Å². The van der Waals surface area contributed by atoms with Crippen molar-refractivity contribution >= 4 is 11.8 Å². The predicted molar refractivity (Wildman–Crippen MR) is 65.5 cm³/mol. The number of rotatable bonds is 4. The van der Waals surface area contributed by atoms with Crippen molar-refractivity contribution in [1.29, 1.82) is 0 Å². The maximum absolute atomic E-state index is 12.3. The van der Waals surface area contributed by atoms with Gasteiger partial charge in [0.05, 0.1) is 13.2 Å². The van der Waals surface area contributed by atoms with Crippen molar-refractivity contribution < 1.29 is 14.3 Å². The molecule has 102 valence electrons. The molecule has 0 bridgehead atoms. The molecule has 6 heteroatoms. The van der Waals surface area contributed by atoms with E-state index in [-0.39, 0.29) is 17.9 Å². The van der Waals surface area contributed by atoms with Gasteiger partial charge < -0.3 is 21.1 Å². The van der Waals surface area contributed by atoms with Crippen LogP contribution in [0.25, 0.3) is 0 Å². The summed E-state index contributed by atoms with van der Waals surface area (Å²) < 4.78 is 5.20. The lowest BCUT2D eigenvalue weighted by Crippen LogP contribution is -2.56. The monoisotopic (exact) mass is 255 g/mol. The molecule has 1 atom stereocenters. The van der Waals surface area contributed by atoms with E-state index in [0.717, 1.165) is 19.3 Å². The number of amides is 2. The zero-order valence-electron chi connectivity index (χ0n) is 10.6. The number of morpholine rings is 1. The van der Waals surface area contributed by atoms with E-state index in [1.165, 1.54) is 0 Å². The van der Waals surface area contributed by atoms with Gasteiger partial charge in [-0.3, -0.25) is 9.59 Å². The van der Waals surface area contributed by atoms with Crippen LogP contribution < -0.4 is 11.5 Å². The fourth-order valence-electron chi connectivity index (χ4n) is 2.69. The van der Waals surface area contributed by atoms with E-state index >= 15 is 0 Å². The molecule has 1 aliphatic heterocycles. The lowest BCUT2D eigenvalue weighted by atomic mass is 9.66. The Morgan fingerprint density at radius 1 is 1.39 bits per heavy atom. The molecule has 18 heavy (non-hydrogen) atoms. The lowest BCUT2D eigenvalue weighted by molar-refractivity contribution is -0.150. The van der Waals surface area contributed by atoms with E-state index in [0.29, 0.717) is 26.1 Å². The molecule has 2 aliphatic rings. The maximum atomic E-state index is 12.3. The highest BCUT2D eigenvalue weighted by Crippen LogP contribution is 2.43. The van der Waals surface area contributed by atoms with Crippen LogP contribution in [-0.4, -0.2) is 49.1 Å². The number of nitrogens with zero attached hydrogens (tertiary/aromatic N) is 1. The van der Waals surface area contributed by atoms with Gasteiger partial charge in [0.1, 0.15) is 6.04 Å². The summed E-state index contributed by atoms with van der Waals surface area (Å²) in [7, 11) is 0. The third-order valence-corrected chi connectivity index (χ3v) is 4.15.